The summed E-state index contributed by atoms with van der Waals surface area (Å²) in [5, 5.41) is 14.2. The Bertz CT molecular complexity index is 1090. The summed E-state index contributed by atoms with van der Waals surface area (Å²) in [4.78, 5) is 39.7. The van der Waals surface area contributed by atoms with E-state index in [1.165, 1.54) is 30.3 Å². The summed E-state index contributed by atoms with van der Waals surface area (Å²) in [5.74, 6) is -0.749. The second-order valence-electron chi connectivity index (χ2n) is 6.36. The van der Waals surface area contributed by atoms with Crippen molar-refractivity contribution in [2.75, 3.05) is 18.9 Å². The van der Waals surface area contributed by atoms with Crippen molar-refractivity contribution in [1.82, 2.24) is 9.88 Å². The summed E-state index contributed by atoms with van der Waals surface area (Å²) >= 11 is 3.37. The molecule has 9 heteroatoms. The SMILES string of the molecule is Cc1cc(Br)ccc1NC(=O)CN(C)C(=O)c1c[nH]c2ccc([N+](=O)[O-])cc12. The van der Waals surface area contributed by atoms with Crippen LogP contribution in [0.2, 0.25) is 0 Å². The van der Waals surface area contributed by atoms with Gasteiger partial charge >= 0.3 is 0 Å². The third-order valence-corrected chi connectivity index (χ3v) is 4.79. The Morgan fingerprint density at radius 3 is 2.68 bits per heavy atom. The molecule has 0 saturated carbocycles. The Kier molecular flexibility index (Phi) is 5.46. The highest BCUT2D eigenvalue weighted by atomic mass is 79.9. The number of likely N-dealkylation sites (N-methyl/N-ethyl adjacent to an activating group) is 1. The normalized spacial score (nSPS) is 10.7. The smallest absolute Gasteiger partial charge is 0.270 e. The number of fused-ring (bicyclic) bond motifs is 1. The minimum Gasteiger partial charge on any atom is -0.360 e. The number of benzene rings is 2. The molecule has 0 aliphatic carbocycles. The molecule has 1 aromatic heterocycles. The number of non-ortho nitro benzene ring substituents is 1. The minimum atomic E-state index is -0.515. The number of anilines is 1. The fraction of sp³-hybridized carbons (Fsp3) is 0.158. The predicted octanol–water partition coefficient (Wildman–Crippen LogP) is 3.86. The van der Waals surface area contributed by atoms with Crippen molar-refractivity contribution in [1.29, 1.82) is 0 Å². The predicted molar refractivity (Wildman–Crippen MR) is 109 cm³/mol. The summed E-state index contributed by atoms with van der Waals surface area (Å²) in [5.41, 5.74) is 2.33. The van der Waals surface area contributed by atoms with Crippen LogP contribution in [0.1, 0.15) is 15.9 Å². The first-order chi connectivity index (χ1) is 13.3. The van der Waals surface area contributed by atoms with Crippen molar-refractivity contribution in [3.8, 4) is 0 Å². The molecule has 8 nitrogen and oxygen atoms in total. The van der Waals surface area contributed by atoms with Crippen LogP contribution >= 0.6 is 15.9 Å². The summed E-state index contributed by atoms with van der Waals surface area (Å²) in [6, 6.07) is 9.73. The molecule has 0 unspecified atom stereocenters. The summed E-state index contributed by atoms with van der Waals surface area (Å²) < 4.78 is 0.906. The number of hydrogen-bond acceptors (Lipinski definition) is 4. The second kappa shape index (κ2) is 7.81. The maximum Gasteiger partial charge on any atom is 0.270 e. The molecule has 28 heavy (non-hydrogen) atoms. The molecule has 3 rings (SSSR count). The zero-order valence-electron chi connectivity index (χ0n) is 15.2. The number of carbonyl (C=O) groups excluding carboxylic acids is 2. The number of hydrogen-bond donors (Lipinski definition) is 2. The summed E-state index contributed by atoms with van der Waals surface area (Å²) in [6.45, 7) is 1.71. The van der Waals surface area contributed by atoms with E-state index in [0.717, 1.165) is 10.0 Å². The van der Waals surface area contributed by atoms with Gasteiger partial charge in [0.15, 0.2) is 0 Å². The molecule has 2 N–H and O–H groups in total. The van der Waals surface area contributed by atoms with Crippen molar-refractivity contribution in [2.45, 2.75) is 6.92 Å². The highest BCUT2D eigenvalue weighted by Gasteiger charge is 2.20. The van der Waals surface area contributed by atoms with Crippen LogP contribution in [0.3, 0.4) is 0 Å². The number of aromatic amines is 1. The molecule has 0 fully saturated rings. The number of carbonyl (C=O) groups is 2. The standard InChI is InChI=1S/C19H17BrN4O4/c1-11-7-12(20)3-5-16(11)22-18(25)10-23(2)19(26)15-9-21-17-6-4-13(24(27)28)8-14(15)17/h3-9,21H,10H2,1-2H3,(H,22,25). The molecule has 1 heterocycles. The fourth-order valence-corrected chi connectivity index (χ4v) is 3.32. The monoisotopic (exact) mass is 444 g/mol. The third kappa shape index (κ3) is 4.04. The van der Waals surface area contributed by atoms with E-state index in [4.69, 9.17) is 0 Å². The molecular formula is C19H17BrN4O4. The van der Waals surface area contributed by atoms with Gasteiger partial charge in [0, 0.05) is 46.4 Å². The van der Waals surface area contributed by atoms with E-state index in [1.54, 1.807) is 12.1 Å². The first kappa shape index (κ1) is 19.6. The van der Waals surface area contributed by atoms with E-state index in [0.29, 0.717) is 16.6 Å². The van der Waals surface area contributed by atoms with Gasteiger partial charge in [0.1, 0.15) is 0 Å². The Balaban J connectivity index is 1.75. The topological polar surface area (TPSA) is 108 Å². The van der Waals surface area contributed by atoms with E-state index < -0.39 is 10.8 Å². The van der Waals surface area contributed by atoms with Crippen LogP contribution in [0.25, 0.3) is 10.9 Å². The van der Waals surface area contributed by atoms with Crippen molar-refractivity contribution in [3.05, 3.63) is 68.3 Å². The second-order valence-corrected chi connectivity index (χ2v) is 7.27. The molecule has 0 aliphatic heterocycles. The van der Waals surface area contributed by atoms with Crippen molar-refractivity contribution < 1.29 is 14.5 Å². The van der Waals surface area contributed by atoms with E-state index >= 15 is 0 Å². The molecule has 0 saturated heterocycles. The van der Waals surface area contributed by atoms with Gasteiger partial charge in [-0.15, -0.1) is 0 Å². The average Bonchev–Trinajstić information content (AvgIpc) is 3.06. The van der Waals surface area contributed by atoms with E-state index in [9.17, 15) is 19.7 Å². The number of nitrogens with zero attached hydrogens (tertiary/aromatic N) is 2. The van der Waals surface area contributed by atoms with Gasteiger partial charge in [-0.3, -0.25) is 19.7 Å². The quantitative estimate of drug-likeness (QED) is 0.459. The number of amides is 2. The first-order valence-corrected chi connectivity index (χ1v) is 9.12. The number of aromatic nitrogens is 1. The number of halogens is 1. The number of nitro benzene ring substituents is 1. The van der Waals surface area contributed by atoms with Crippen LogP contribution in [0.5, 0.6) is 0 Å². The Morgan fingerprint density at radius 1 is 1.25 bits per heavy atom. The molecule has 144 valence electrons. The van der Waals surface area contributed by atoms with Gasteiger partial charge in [-0.25, -0.2) is 0 Å². The van der Waals surface area contributed by atoms with Crippen LogP contribution in [-0.4, -0.2) is 40.2 Å². The van der Waals surface area contributed by atoms with Crippen LogP contribution in [0.15, 0.2) is 47.1 Å². The number of H-pyrrole nitrogens is 1. The molecule has 0 bridgehead atoms. The maximum absolute atomic E-state index is 12.8. The lowest BCUT2D eigenvalue weighted by atomic mass is 10.1. The molecular weight excluding hydrogens is 428 g/mol. The lowest BCUT2D eigenvalue weighted by Gasteiger charge is -2.17. The molecule has 0 aliphatic rings. The van der Waals surface area contributed by atoms with Crippen molar-refractivity contribution >= 4 is 50.0 Å². The highest BCUT2D eigenvalue weighted by Crippen LogP contribution is 2.25. The molecule has 0 spiro atoms. The first-order valence-electron chi connectivity index (χ1n) is 8.33. The molecule has 0 atom stereocenters. The van der Waals surface area contributed by atoms with Gasteiger partial charge in [0.25, 0.3) is 11.6 Å². The number of rotatable bonds is 5. The van der Waals surface area contributed by atoms with Gasteiger partial charge in [0.2, 0.25) is 5.91 Å². The van der Waals surface area contributed by atoms with E-state index in [2.05, 4.69) is 26.2 Å². The lowest BCUT2D eigenvalue weighted by molar-refractivity contribution is -0.384. The number of nitrogens with one attached hydrogen (secondary N) is 2. The number of aryl methyl sites for hydroxylation is 1. The average molecular weight is 445 g/mol. The highest BCUT2D eigenvalue weighted by molar-refractivity contribution is 9.10. The minimum absolute atomic E-state index is 0.104. The van der Waals surface area contributed by atoms with Crippen LogP contribution in [-0.2, 0) is 4.79 Å². The molecule has 2 aromatic carbocycles. The Hall–Kier alpha value is -3.20. The Labute approximate surface area is 168 Å². The van der Waals surface area contributed by atoms with Gasteiger partial charge in [-0.2, -0.15) is 0 Å². The van der Waals surface area contributed by atoms with Gasteiger partial charge in [-0.05, 0) is 36.8 Å². The van der Waals surface area contributed by atoms with Crippen molar-refractivity contribution in [3.63, 3.8) is 0 Å². The van der Waals surface area contributed by atoms with Crippen LogP contribution in [0.4, 0.5) is 11.4 Å². The van der Waals surface area contributed by atoms with E-state index in [-0.39, 0.29) is 23.7 Å². The molecule has 3 aromatic rings. The number of nitro groups is 1. The van der Waals surface area contributed by atoms with Crippen molar-refractivity contribution in [2.24, 2.45) is 0 Å². The van der Waals surface area contributed by atoms with Crippen LogP contribution in [0, 0.1) is 17.0 Å². The van der Waals surface area contributed by atoms with Gasteiger partial charge < -0.3 is 15.2 Å². The summed E-state index contributed by atoms with van der Waals surface area (Å²) in [6.07, 6.45) is 1.49. The zero-order valence-corrected chi connectivity index (χ0v) is 16.7. The van der Waals surface area contributed by atoms with Crippen LogP contribution < -0.4 is 5.32 Å². The van der Waals surface area contributed by atoms with Gasteiger partial charge in [-0.1, -0.05) is 15.9 Å². The third-order valence-electron chi connectivity index (χ3n) is 4.30. The fourth-order valence-electron chi connectivity index (χ4n) is 2.85. The largest absolute Gasteiger partial charge is 0.360 e. The molecule has 0 radical (unpaired) electrons. The summed E-state index contributed by atoms with van der Waals surface area (Å²) in [7, 11) is 1.51. The van der Waals surface area contributed by atoms with Gasteiger partial charge in [0.05, 0.1) is 17.0 Å². The lowest BCUT2D eigenvalue weighted by Crippen LogP contribution is -2.35. The molecule has 2 amide bonds. The zero-order chi connectivity index (χ0) is 20.4. The Morgan fingerprint density at radius 2 is 2.00 bits per heavy atom. The maximum atomic E-state index is 12.8. The van der Waals surface area contributed by atoms with E-state index in [1.807, 2.05) is 19.1 Å².